The molecule has 2 fully saturated rings. The maximum atomic E-state index is 5.76. The third kappa shape index (κ3) is 5.22. The van der Waals surface area contributed by atoms with Crippen LogP contribution < -0.4 is 5.32 Å². The van der Waals surface area contributed by atoms with Crippen molar-refractivity contribution in [3.8, 4) is 0 Å². The number of hydrogen-bond acceptors (Lipinski definition) is 3. The molecule has 2 saturated heterocycles. The highest BCUT2D eigenvalue weighted by Crippen LogP contribution is 2.32. The first kappa shape index (κ1) is 17.2. The minimum Gasteiger partial charge on any atom is -0.381 e. The fourth-order valence-electron chi connectivity index (χ4n) is 3.67. The molecule has 0 aromatic heterocycles. The lowest BCUT2D eigenvalue weighted by Gasteiger charge is -2.40. The highest BCUT2D eigenvalue weighted by Gasteiger charge is 2.38. The summed E-state index contributed by atoms with van der Waals surface area (Å²) < 4.78 is 5.76. The van der Waals surface area contributed by atoms with Crippen LogP contribution in [0.3, 0.4) is 0 Å². The summed E-state index contributed by atoms with van der Waals surface area (Å²) in [6, 6.07) is 0. The van der Waals surface area contributed by atoms with E-state index in [1.54, 1.807) is 0 Å². The lowest BCUT2D eigenvalue weighted by Crippen LogP contribution is -2.50. The van der Waals surface area contributed by atoms with Crippen LogP contribution in [0.15, 0.2) is 0 Å². The molecule has 1 N–H and O–H groups in total. The summed E-state index contributed by atoms with van der Waals surface area (Å²) in [5.41, 5.74) is 0.526. The molecule has 0 aromatic rings. The summed E-state index contributed by atoms with van der Waals surface area (Å²) in [5, 5.41) is 3.71. The van der Waals surface area contributed by atoms with Gasteiger partial charge in [-0.05, 0) is 65.0 Å². The van der Waals surface area contributed by atoms with Gasteiger partial charge in [0.1, 0.15) is 0 Å². The summed E-state index contributed by atoms with van der Waals surface area (Å²) >= 11 is 0. The maximum absolute atomic E-state index is 5.76. The van der Waals surface area contributed by atoms with Crippen LogP contribution in [0.1, 0.15) is 53.9 Å². The molecule has 2 aliphatic heterocycles. The molecule has 1 unspecified atom stereocenters. The predicted octanol–water partition coefficient (Wildman–Crippen LogP) is 3.15. The molecular formula is C18H36N2O. The monoisotopic (exact) mass is 296 g/mol. The average molecular weight is 296 g/mol. The van der Waals surface area contributed by atoms with Gasteiger partial charge in [-0.3, -0.25) is 0 Å². The van der Waals surface area contributed by atoms with E-state index in [0.29, 0.717) is 5.41 Å². The van der Waals surface area contributed by atoms with Gasteiger partial charge in [-0.15, -0.1) is 0 Å². The van der Waals surface area contributed by atoms with Crippen molar-refractivity contribution in [2.75, 3.05) is 39.4 Å². The lowest BCUT2D eigenvalue weighted by molar-refractivity contribution is 0.0763. The maximum Gasteiger partial charge on any atom is 0.0547 e. The predicted molar refractivity (Wildman–Crippen MR) is 89.6 cm³/mol. The zero-order chi connectivity index (χ0) is 15.5. The highest BCUT2D eigenvalue weighted by atomic mass is 16.5. The molecule has 2 heterocycles. The third-order valence-corrected chi connectivity index (χ3v) is 5.31. The zero-order valence-electron chi connectivity index (χ0n) is 14.9. The fraction of sp³-hybridized carbons (Fsp3) is 1.00. The summed E-state index contributed by atoms with van der Waals surface area (Å²) in [6.45, 7) is 18.2. The van der Waals surface area contributed by atoms with E-state index in [1.165, 1.54) is 38.9 Å². The fourth-order valence-corrected chi connectivity index (χ4v) is 3.67. The Morgan fingerprint density at radius 3 is 2.38 bits per heavy atom. The van der Waals surface area contributed by atoms with E-state index in [0.717, 1.165) is 31.6 Å². The van der Waals surface area contributed by atoms with Crippen molar-refractivity contribution >= 4 is 0 Å². The normalized spacial score (nSPS) is 29.4. The van der Waals surface area contributed by atoms with Gasteiger partial charge in [-0.2, -0.15) is 0 Å². The number of nitrogens with zero attached hydrogens (tertiary/aromatic N) is 1. The van der Waals surface area contributed by atoms with Crippen LogP contribution >= 0.6 is 0 Å². The van der Waals surface area contributed by atoms with Crippen LogP contribution in [0, 0.1) is 17.3 Å². The van der Waals surface area contributed by atoms with Gasteiger partial charge in [0.05, 0.1) is 6.61 Å². The van der Waals surface area contributed by atoms with Crippen LogP contribution in [0.4, 0.5) is 0 Å². The Bertz CT molecular complexity index is 308. The molecule has 0 amide bonds. The minimum absolute atomic E-state index is 0.195. The van der Waals surface area contributed by atoms with Gasteiger partial charge in [0, 0.05) is 30.7 Å². The van der Waals surface area contributed by atoms with E-state index < -0.39 is 0 Å². The van der Waals surface area contributed by atoms with Gasteiger partial charge in [0.25, 0.3) is 0 Å². The molecule has 0 aromatic carbocycles. The number of ether oxygens (including phenoxy) is 1. The van der Waals surface area contributed by atoms with Gasteiger partial charge < -0.3 is 15.0 Å². The number of hydrogen-bond donors (Lipinski definition) is 1. The summed E-state index contributed by atoms with van der Waals surface area (Å²) in [6.07, 6.45) is 3.96. The molecule has 21 heavy (non-hydrogen) atoms. The molecule has 2 rings (SSSR count). The Balaban J connectivity index is 1.86. The van der Waals surface area contributed by atoms with E-state index >= 15 is 0 Å². The Labute approximate surface area is 131 Å². The van der Waals surface area contributed by atoms with E-state index in [1.807, 2.05) is 0 Å². The summed E-state index contributed by atoms with van der Waals surface area (Å²) in [7, 11) is 0. The van der Waals surface area contributed by atoms with Crippen LogP contribution in [-0.2, 0) is 4.74 Å². The number of nitrogens with one attached hydrogen (secondary N) is 1. The second kappa shape index (κ2) is 6.97. The van der Waals surface area contributed by atoms with Crippen molar-refractivity contribution in [3.05, 3.63) is 0 Å². The van der Waals surface area contributed by atoms with Gasteiger partial charge >= 0.3 is 0 Å². The zero-order valence-corrected chi connectivity index (χ0v) is 14.9. The standard InChI is InChI=1S/C18H36N2O/c1-15(2)16-6-9-20(10-7-16)13-18(8-11-21-14-18)12-19-17(3,4)5/h15-16,19H,6-14H2,1-5H3. The van der Waals surface area contributed by atoms with Gasteiger partial charge in [-0.1, -0.05) is 13.8 Å². The minimum atomic E-state index is 0.195. The van der Waals surface area contributed by atoms with Crippen molar-refractivity contribution < 1.29 is 4.74 Å². The van der Waals surface area contributed by atoms with E-state index in [9.17, 15) is 0 Å². The van der Waals surface area contributed by atoms with Crippen molar-refractivity contribution in [3.63, 3.8) is 0 Å². The van der Waals surface area contributed by atoms with Gasteiger partial charge in [0.15, 0.2) is 0 Å². The quantitative estimate of drug-likeness (QED) is 0.843. The largest absolute Gasteiger partial charge is 0.381 e. The second-order valence-electron chi connectivity index (χ2n) is 8.76. The van der Waals surface area contributed by atoms with Crippen LogP contribution in [-0.4, -0.2) is 49.8 Å². The van der Waals surface area contributed by atoms with Crippen molar-refractivity contribution in [1.82, 2.24) is 10.2 Å². The van der Waals surface area contributed by atoms with Crippen LogP contribution in [0.2, 0.25) is 0 Å². The smallest absolute Gasteiger partial charge is 0.0547 e. The van der Waals surface area contributed by atoms with E-state index in [2.05, 4.69) is 44.8 Å². The molecule has 0 bridgehead atoms. The van der Waals surface area contributed by atoms with Gasteiger partial charge in [-0.25, -0.2) is 0 Å². The molecule has 0 spiro atoms. The molecule has 124 valence electrons. The molecule has 3 heteroatoms. The highest BCUT2D eigenvalue weighted by molar-refractivity contribution is 4.91. The van der Waals surface area contributed by atoms with Crippen molar-refractivity contribution in [1.29, 1.82) is 0 Å². The number of likely N-dealkylation sites (tertiary alicyclic amines) is 1. The topological polar surface area (TPSA) is 24.5 Å². The molecule has 0 aliphatic carbocycles. The van der Waals surface area contributed by atoms with Crippen LogP contribution in [0.25, 0.3) is 0 Å². The molecule has 2 aliphatic rings. The SMILES string of the molecule is CC(C)C1CCN(CC2(CNC(C)(C)C)CCOC2)CC1. The molecule has 3 nitrogen and oxygen atoms in total. The first-order valence-electron chi connectivity index (χ1n) is 8.85. The first-order chi connectivity index (χ1) is 9.80. The number of piperidine rings is 1. The Morgan fingerprint density at radius 2 is 1.90 bits per heavy atom. The first-order valence-corrected chi connectivity index (χ1v) is 8.85. The molecule has 1 atom stereocenters. The lowest BCUT2D eigenvalue weighted by atomic mass is 9.83. The third-order valence-electron chi connectivity index (χ3n) is 5.31. The number of rotatable bonds is 5. The summed E-state index contributed by atoms with van der Waals surface area (Å²) in [5.74, 6) is 1.78. The van der Waals surface area contributed by atoms with E-state index in [-0.39, 0.29) is 5.54 Å². The molecule has 0 saturated carbocycles. The molecular weight excluding hydrogens is 260 g/mol. The Morgan fingerprint density at radius 1 is 1.24 bits per heavy atom. The Kier molecular flexibility index (Phi) is 5.72. The van der Waals surface area contributed by atoms with Gasteiger partial charge in [0.2, 0.25) is 0 Å². The summed E-state index contributed by atoms with van der Waals surface area (Å²) in [4.78, 5) is 2.69. The second-order valence-corrected chi connectivity index (χ2v) is 8.76. The van der Waals surface area contributed by atoms with Crippen molar-refractivity contribution in [2.45, 2.75) is 59.4 Å². The van der Waals surface area contributed by atoms with Crippen molar-refractivity contribution in [2.24, 2.45) is 17.3 Å². The van der Waals surface area contributed by atoms with Crippen LogP contribution in [0.5, 0.6) is 0 Å². The average Bonchev–Trinajstić information content (AvgIpc) is 2.85. The molecule has 0 radical (unpaired) electrons. The van der Waals surface area contributed by atoms with E-state index in [4.69, 9.17) is 4.74 Å². The Hall–Kier alpha value is -0.120.